The first-order chi connectivity index (χ1) is 14.2. The second-order valence-electron chi connectivity index (χ2n) is 6.68. The fourth-order valence-corrected chi connectivity index (χ4v) is 3.07. The maximum atomic E-state index is 12.4. The minimum atomic E-state index is -0.344. The SMILES string of the molecule is O=C1Nc2cc(C(=O)NCCc3ccccc3)ccc2O/C1=C\c1ccccc1. The van der Waals surface area contributed by atoms with E-state index in [-0.39, 0.29) is 17.6 Å². The molecule has 144 valence electrons. The highest BCUT2D eigenvalue weighted by Gasteiger charge is 2.23. The van der Waals surface area contributed by atoms with Crippen LogP contribution >= 0.6 is 0 Å². The lowest BCUT2D eigenvalue weighted by Gasteiger charge is -2.20. The normalized spacial score (nSPS) is 13.9. The van der Waals surface area contributed by atoms with Gasteiger partial charge in [0.25, 0.3) is 11.8 Å². The maximum Gasteiger partial charge on any atom is 0.291 e. The van der Waals surface area contributed by atoms with Gasteiger partial charge in [-0.1, -0.05) is 60.7 Å². The second kappa shape index (κ2) is 8.44. The summed E-state index contributed by atoms with van der Waals surface area (Å²) >= 11 is 0. The zero-order chi connectivity index (χ0) is 20.1. The Morgan fingerprint density at radius 3 is 2.45 bits per heavy atom. The maximum absolute atomic E-state index is 12.4. The molecule has 3 aromatic carbocycles. The Bertz CT molecular complexity index is 1060. The number of benzene rings is 3. The number of hydrogen-bond acceptors (Lipinski definition) is 3. The van der Waals surface area contributed by atoms with Crippen molar-refractivity contribution in [2.24, 2.45) is 0 Å². The van der Waals surface area contributed by atoms with Crippen molar-refractivity contribution in [1.82, 2.24) is 5.32 Å². The van der Waals surface area contributed by atoms with Crippen molar-refractivity contribution in [2.45, 2.75) is 6.42 Å². The summed E-state index contributed by atoms with van der Waals surface area (Å²) in [6, 6.07) is 24.5. The zero-order valence-electron chi connectivity index (χ0n) is 15.7. The van der Waals surface area contributed by atoms with Crippen LogP contribution < -0.4 is 15.4 Å². The summed E-state index contributed by atoms with van der Waals surface area (Å²) in [5, 5.41) is 5.70. The minimum Gasteiger partial charge on any atom is -0.449 e. The summed E-state index contributed by atoms with van der Waals surface area (Å²) in [6.07, 6.45) is 2.44. The van der Waals surface area contributed by atoms with Crippen LogP contribution in [-0.4, -0.2) is 18.4 Å². The summed E-state index contributed by atoms with van der Waals surface area (Å²) < 4.78 is 5.74. The number of rotatable bonds is 5. The molecule has 1 aliphatic heterocycles. The monoisotopic (exact) mass is 384 g/mol. The lowest BCUT2D eigenvalue weighted by atomic mass is 10.1. The number of hydrogen-bond donors (Lipinski definition) is 2. The highest BCUT2D eigenvalue weighted by molar-refractivity contribution is 6.09. The summed E-state index contributed by atoms with van der Waals surface area (Å²) in [4.78, 5) is 24.8. The molecule has 5 heteroatoms. The van der Waals surface area contributed by atoms with Crippen LogP contribution in [0.3, 0.4) is 0 Å². The molecule has 0 aromatic heterocycles. The van der Waals surface area contributed by atoms with Crippen LogP contribution in [0.5, 0.6) is 5.75 Å². The van der Waals surface area contributed by atoms with Crippen LogP contribution in [0.1, 0.15) is 21.5 Å². The molecule has 0 saturated carbocycles. The third-order valence-electron chi connectivity index (χ3n) is 4.57. The van der Waals surface area contributed by atoms with E-state index in [1.165, 1.54) is 0 Å². The summed E-state index contributed by atoms with van der Waals surface area (Å²) in [7, 11) is 0. The van der Waals surface area contributed by atoms with E-state index in [9.17, 15) is 9.59 Å². The van der Waals surface area contributed by atoms with Gasteiger partial charge in [-0.25, -0.2) is 0 Å². The number of anilines is 1. The standard InChI is InChI=1S/C24H20N2O3/c27-23(25-14-13-17-7-3-1-4-8-17)19-11-12-21-20(16-19)26-24(28)22(29-21)15-18-9-5-2-6-10-18/h1-12,15-16H,13-14H2,(H,25,27)(H,26,28)/b22-15-. The zero-order valence-corrected chi connectivity index (χ0v) is 15.7. The molecule has 4 rings (SSSR count). The van der Waals surface area contributed by atoms with Gasteiger partial charge in [0, 0.05) is 12.1 Å². The molecule has 2 N–H and O–H groups in total. The Kier molecular flexibility index (Phi) is 5.38. The van der Waals surface area contributed by atoms with E-state index in [0.717, 1.165) is 17.5 Å². The lowest BCUT2D eigenvalue weighted by molar-refractivity contribution is -0.115. The van der Waals surface area contributed by atoms with Crippen LogP contribution in [0, 0.1) is 0 Å². The number of amides is 2. The summed E-state index contributed by atoms with van der Waals surface area (Å²) in [5.41, 5.74) is 2.99. The van der Waals surface area contributed by atoms with E-state index in [1.807, 2.05) is 60.7 Å². The number of carbonyl (C=O) groups excluding carboxylic acids is 2. The molecule has 0 bridgehead atoms. The predicted molar refractivity (Wildman–Crippen MR) is 113 cm³/mol. The molecule has 0 fully saturated rings. The fourth-order valence-electron chi connectivity index (χ4n) is 3.07. The third-order valence-corrected chi connectivity index (χ3v) is 4.57. The van der Waals surface area contributed by atoms with Gasteiger partial charge in [0.05, 0.1) is 5.69 Å². The molecule has 29 heavy (non-hydrogen) atoms. The van der Waals surface area contributed by atoms with Gasteiger partial charge < -0.3 is 15.4 Å². The first kappa shape index (κ1) is 18.5. The first-order valence-electron chi connectivity index (χ1n) is 9.41. The van der Waals surface area contributed by atoms with Crippen LogP contribution in [0.4, 0.5) is 5.69 Å². The molecule has 0 saturated heterocycles. The highest BCUT2D eigenvalue weighted by atomic mass is 16.5. The van der Waals surface area contributed by atoms with Gasteiger partial charge in [0.1, 0.15) is 0 Å². The Balaban J connectivity index is 1.43. The smallest absolute Gasteiger partial charge is 0.291 e. The van der Waals surface area contributed by atoms with E-state index in [0.29, 0.717) is 23.5 Å². The number of nitrogens with one attached hydrogen (secondary N) is 2. The van der Waals surface area contributed by atoms with Gasteiger partial charge in [0.2, 0.25) is 0 Å². The highest BCUT2D eigenvalue weighted by Crippen LogP contribution is 2.32. The van der Waals surface area contributed by atoms with E-state index < -0.39 is 0 Å². The minimum absolute atomic E-state index is 0.191. The molecule has 0 radical (unpaired) electrons. The van der Waals surface area contributed by atoms with Crippen LogP contribution in [-0.2, 0) is 11.2 Å². The quantitative estimate of drug-likeness (QED) is 0.653. The van der Waals surface area contributed by atoms with Crippen molar-refractivity contribution in [2.75, 3.05) is 11.9 Å². The van der Waals surface area contributed by atoms with E-state index >= 15 is 0 Å². The van der Waals surface area contributed by atoms with Crippen molar-refractivity contribution < 1.29 is 14.3 Å². The van der Waals surface area contributed by atoms with E-state index in [2.05, 4.69) is 10.6 Å². The van der Waals surface area contributed by atoms with Gasteiger partial charge in [-0.2, -0.15) is 0 Å². The van der Waals surface area contributed by atoms with Crippen LogP contribution in [0.25, 0.3) is 6.08 Å². The molecule has 0 spiro atoms. The van der Waals surface area contributed by atoms with Gasteiger partial charge in [-0.15, -0.1) is 0 Å². The van der Waals surface area contributed by atoms with Crippen molar-refractivity contribution in [3.8, 4) is 5.75 Å². The molecule has 0 atom stereocenters. The van der Waals surface area contributed by atoms with E-state index in [1.54, 1.807) is 24.3 Å². The molecule has 0 unspecified atom stereocenters. The number of ether oxygens (including phenoxy) is 1. The Hall–Kier alpha value is -3.86. The summed E-state index contributed by atoms with van der Waals surface area (Å²) in [5.74, 6) is 0.183. The largest absolute Gasteiger partial charge is 0.449 e. The Morgan fingerprint density at radius 2 is 1.69 bits per heavy atom. The average molecular weight is 384 g/mol. The molecule has 1 heterocycles. The predicted octanol–water partition coefficient (Wildman–Crippen LogP) is 4.03. The first-order valence-corrected chi connectivity index (χ1v) is 9.41. The van der Waals surface area contributed by atoms with Gasteiger partial charge >= 0.3 is 0 Å². The fraction of sp³-hybridized carbons (Fsp3) is 0.0833. The van der Waals surface area contributed by atoms with Gasteiger partial charge in [-0.05, 0) is 41.8 Å². The number of carbonyl (C=O) groups is 2. The van der Waals surface area contributed by atoms with Gasteiger partial charge in [0.15, 0.2) is 11.5 Å². The van der Waals surface area contributed by atoms with Crippen molar-refractivity contribution in [3.05, 3.63) is 101 Å². The molecule has 3 aromatic rings. The van der Waals surface area contributed by atoms with Crippen LogP contribution in [0.2, 0.25) is 0 Å². The number of fused-ring (bicyclic) bond motifs is 1. The topological polar surface area (TPSA) is 67.4 Å². The Labute approximate surface area is 169 Å². The third kappa shape index (κ3) is 4.52. The molecular weight excluding hydrogens is 364 g/mol. The van der Waals surface area contributed by atoms with E-state index in [4.69, 9.17) is 4.74 Å². The van der Waals surface area contributed by atoms with Gasteiger partial charge in [-0.3, -0.25) is 9.59 Å². The van der Waals surface area contributed by atoms with Crippen LogP contribution in [0.15, 0.2) is 84.6 Å². The lowest BCUT2D eigenvalue weighted by Crippen LogP contribution is -2.27. The average Bonchev–Trinajstić information content (AvgIpc) is 2.75. The van der Waals surface area contributed by atoms with Crippen molar-refractivity contribution in [1.29, 1.82) is 0 Å². The molecular formula is C24H20N2O3. The molecule has 1 aliphatic rings. The molecule has 0 aliphatic carbocycles. The molecule has 2 amide bonds. The summed E-state index contributed by atoms with van der Waals surface area (Å²) in [6.45, 7) is 0.534. The molecule has 5 nitrogen and oxygen atoms in total. The van der Waals surface area contributed by atoms with Crippen molar-refractivity contribution >= 4 is 23.6 Å². The van der Waals surface area contributed by atoms with Crippen molar-refractivity contribution in [3.63, 3.8) is 0 Å². The second-order valence-corrected chi connectivity index (χ2v) is 6.68. The Morgan fingerprint density at radius 1 is 0.966 bits per heavy atom.